The third-order valence-corrected chi connectivity index (χ3v) is 2.96. The van der Waals surface area contributed by atoms with Gasteiger partial charge >= 0.3 is 6.18 Å². The van der Waals surface area contributed by atoms with E-state index in [1.807, 2.05) is 5.32 Å². The van der Waals surface area contributed by atoms with Crippen LogP contribution in [0.4, 0.5) is 13.2 Å². The lowest BCUT2D eigenvalue weighted by Crippen LogP contribution is -2.47. The molecule has 0 aliphatic heterocycles. The summed E-state index contributed by atoms with van der Waals surface area (Å²) < 4.78 is 38.2. The van der Waals surface area contributed by atoms with Crippen LogP contribution in [0.5, 0.6) is 0 Å². The smallest absolute Gasteiger partial charge is 0.384 e. The van der Waals surface area contributed by atoms with Gasteiger partial charge < -0.3 is 10.4 Å². The second kappa shape index (κ2) is 5.13. The van der Waals surface area contributed by atoms with Crippen LogP contribution in [0.25, 0.3) is 0 Å². The Morgan fingerprint density at radius 3 is 2.70 bits per heavy atom. The highest BCUT2D eigenvalue weighted by Gasteiger charge is 2.64. The van der Waals surface area contributed by atoms with E-state index in [0.29, 0.717) is 5.56 Å². The van der Waals surface area contributed by atoms with Gasteiger partial charge in [0.15, 0.2) is 0 Å². The van der Waals surface area contributed by atoms with Gasteiger partial charge in [-0.05, 0) is 18.9 Å². The van der Waals surface area contributed by atoms with Crippen LogP contribution in [0.15, 0.2) is 18.5 Å². The van der Waals surface area contributed by atoms with Crippen LogP contribution in [0.3, 0.4) is 0 Å². The van der Waals surface area contributed by atoms with Gasteiger partial charge in [0.25, 0.3) is 5.91 Å². The van der Waals surface area contributed by atoms with Gasteiger partial charge in [-0.25, -0.2) is 0 Å². The summed E-state index contributed by atoms with van der Waals surface area (Å²) in [6.45, 7) is -0.354. The van der Waals surface area contributed by atoms with Gasteiger partial charge in [0.1, 0.15) is 12.1 Å². The minimum absolute atomic E-state index is 0.00487. The van der Waals surface area contributed by atoms with E-state index in [1.165, 1.54) is 18.5 Å². The summed E-state index contributed by atoms with van der Waals surface area (Å²) >= 11 is 0. The van der Waals surface area contributed by atoms with E-state index in [1.54, 1.807) is 0 Å². The normalized spacial score (nSPS) is 16.0. The van der Waals surface area contributed by atoms with Gasteiger partial charge in [-0.3, -0.25) is 9.78 Å². The summed E-state index contributed by atoms with van der Waals surface area (Å²) in [4.78, 5) is 15.6. The topological polar surface area (TPSA) is 62.2 Å². The fourth-order valence-electron chi connectivity index (χ4n) is 1.67. The lowest BCUT2D eigenvalue weighted by Gasteiger charge is -2.20. The number of carbonyl (C=O) groups is 1. The van der Waals surface area contributed by atoms with Gasteiger partial charge in [-0.15, -0.1) is 0 Å². The quantitative estimate of drug-likeness (QED) is 0.803. The molecule has 1 fully saturated rings. The lowest BCUT2D eigenvalue weighted by atomic mass is 10.1. The summed E-state index contributed by atoms with van der Waals surface area (Å²) in [5.41, 5.74) is -1.74. The zero-order valence-electron chi connectivity index (χ0n) is 10.3. The molecule has 106 valence electrons. The van der Waals surface area contributed by atoms with Crippen molar-refractivity contribution >= 4 is 5.91 Å². The SMILES string of the molecule is O=C(NC1(C(F)(F)F)CC1)c1cncc(C#CCO)c1. The molecule has 1 heterocycles. The van der Waals surface area contributed by atoms with E-state index in [0.717, 1.165) is 0 Å². The van der Waals surface area contributed by atoms with Crippen LogP contribution in [-0.2, 0) is 0 Å². The number of alkyl halides is 3. The average molecular weight is 284 g/mol. The van der Waals surface area contributed by atoms with Gasteiger partial charge in [0.2, 0.25) is 0 Å². The van der Waals surface area contributed by atoms with Crippen LogP contribution >= 0.6 is 0 Å². The molecule has 2 rings (SSSR count). The predicted molar refractivity (Wildman–Crippen MR) is 63.7 cm³/mol. The molecule has 1 aromatic heterocycles. The number of aromatic nitrogens is 1. The number of aliphatic hydroxyl groups excluding tert-OH is 1. The Kier molecular flexibility index (Phi) is 3.68. The molecule has 0 atom stereocenters. The van der Waals surface area contributed by atoms with Crippen molar-refractivity contribution in [2.45, 2.75) is 24.6 Å². The number of aliphatic hydroxyl groups is 1. The van der Waals surface area contributed by atoms with E-state index in [9.17, 15) is 18.0 Å². The second-order valence-corrected chi connectivity index (χ2v) is 4.46. The third kappa shape index (κ3) is 2.91. The molecule has 0 radical (unpaired) electrons. The molecule has 1 saturated carbocycles. The molecule has 1 aromatic rings. The first-order chi connectivity index (χ1) is 9.38. The first kappa shape index (κ1) is 14.3. The molecule has 7 heteroatoms. The van der Waals surface area contributed by atoms with Crippen molar-refractivity contribution < 1.29 is 23.1 Å². The molecule has 1 amide bonds. The molecular formula is C13H11F3N2O2. The number of hydrogen-bond acceptors (Lipinski definition) is 3. The van der Waals surface area contributed by atoms with Crippen molar-refractivity contribution in [1.29, 1.82) is 0 Å². The molecule has 20 heavy (non-hydrogen) atoms. The number of carbonyl (C=O) groups excluding carboxylic acids is 1. The largest absolute Gasteiger partial charge is 0.411 e. The molecule has 0 unspecified atom stereocenters. The fraction of sp³-hybridized carbons (Fsp3) is 0.385. The van der Waals surface area contributed by atoms with Crippen LogP contribution in [-0.4, -0.2) is 34.3 Å². The average Bonchev–Trinajstić information content (AvgIpc) is 3.17. The van der Waals surface area contributed by atoms with Gasteiger partial charge in [-0.2, -0.15) is 13.2 Å². The van der Waals surface area contributed by atoms with Crippen LogP contribution in [0.1, 0.15) is 28.8 Å². The highest BCUT2D eigenvalue weighted by atomic mass is 19.4. The Balaban J connectivity index is 2.14. The summed E-state index contributed by atoms with van der Waals surface area (Å²) in [5, 5.41) is 10.6. The van der Waals surface area contributed by atoms with Crippen molar-refractivity contribution in [3.63, 3.8) is 0 Å². The van der Waals surface area contributed by atoms with Crippen LogP contribution in [0, 0.1) is 11.8 Å². The zero-order valence-corrected chi connectivity index (χ0v) is 10.3. The molecule has 1 aliphatic carbocycles. The van der Waals surface area contributed by atoms with E-state index in [-0.39, 0.29) is 25.0 Å². The maximum Gasteiger partial charge on any atom is 0.411 e. The van der Waals surface area contributed by atoms with Crippen LogP contribution < -0.4 is 5.32 Å². The molecule has 0 saturated heterocycles. The second-order valence-electron chi connectivity index (χ2n) is 4.46. The first-order valence-electron chi connectivity index (χ1n) is 5.82. The maximum atomic E-state index is 12.7. The molecule has 0 bridgehead atoms. The summed E-state index contributed by atoms with van der Waals surface area (Å²) in [6.07, 6.45) is -2.15. The minimum Gasteiger partial charge on any atom is -0.384 e. The standard InChI is InChI=1S/C13H11F3N2O2/c14-13(15,16)12(3-4-12)18-11(20)10-6-9(2-1-5-19)7-17-8-10/h6-8,19H,3-5H2,(H,18,20). The van der Waals surface area contributed by atoms with Crippen molar-refractivity contribution in [1.82, 2.24) is 10.3 Å². The number of pyridine rings is 1. The van der Waals surface area contributed by atoms with Crippen molar-refractivity contribution in [2.75, 3.05) is 6.61 Å². The highest BCUT2D eigenvalue weighted by Crippen LogP contribution is 2.49. The highest BCUT2D eigenvalue weighted by molar-refractivity contribution is 5.95. The van der Waals surface area contributed by atoms with Gasteiger partial charge in [-0.1, -0.05) is 11.8 Å². The molecular weight excluding hydrogens is 273 g/mol. The maximum absolute atomic E-state index is 12.7. The monoisotopic (exact) mass is 284 g/mol. The summed E-state index contributed by atoms with van der Waals surface area (Å²) in [7, 11) is 0. The van der Waals surface area contributed by atoms with Gasteiger partial charge in [0, 0.05) is 18.0 Å². The number of nitrogens with one attached hydrogen (secondary N) is 1. The van der Waals surface area contributed by atoms with Crippen molar-refractivity contribution in [3.8, 4) is 11.8 Å². The third-order valence-electron chi connectivity index (χ3n) is 2.96. The molecule has 4 nitrogen and oxygen atoms in total. The van der Waals surface area contributed by atoms with Crippen molar-refractivity contribution in [2.24, 2.45) is 0 Å². The molecule has 0 spiro atoms. The van der Waals surface area contributed by atoms with E-state index in [4.69, 9.17) is 5.11 Å². The number of hydrogen-bond donors (Lipinski definition) is 2. The Labute approximate surface area is 113 Å². The fourth-order valence-corrected chi connectivity index (χ4v) is 1.67. The molecule has 0 aromatic carbocycles. The Morgan fingerprint density at radius 2 is 2.15 bits per heavy atom. The molecule has 1 aliphatic rings. The Morgan fingerprint density at radius 1 is 1.45 bits per heavy atom. The summed E-state index contributed by atoms with van der Waals surface area (Å²) in [6, 6.07) is 1.33. The van der Waals surface area contributed by atoms with E-state index < -0.39 is 17.6 Å². The number of amides is 1. The number of rotatable bonds is 2. The van der Waals surface area contributed by atoms with Gasteiger partial charge in [0.05, 0.1) is 5.56 Å². The summed E-state index contributed by atoms with van der Waals surface area (Å²) in [5.74, 6) is 4.07. The van der Waals surface area contributed by atoms with Crippen molar-refractivity contribution in [3.05, 3.63) is 29.6 Å². The van der Waals surface area contributed by atoms with E-state index in [2.05, 4.69) is 16.8 Å². The van der Waals surface area contributed by atoms with Crippen LogP contribution in [0.2, 0.25) is 0 Å². The minimum atomic E-state index is -4.45. The lowest BCUT2D eigenvalue weighted by molar-refractivity contribution is -0.163. The first-order valence-corrected chi connectivity index (χ1v) is 5.82. The Hall–Kier alpha value is -2.07. The zero-order chi connectivity index (χ0) is 14.8. The molecule has 2 N–H and O–H groups in total. The Bertz CT molecular complexity index is 583. The van der Waals surface area contributed by atoms with E-state index >= 15 is 0 Å². The number of halogens is 3. The predicted octanol–water partition coefficient (Wildman–Crippen LogP) is 1.25. The number of nitrogens with zero attached hydrogens (tertiary/aromatic N) is 1.